The molecule has 4 N–H and O–H groups in total. The number of hydrogen-bond donors (Lipinski definition) is 4. The Balaban J connectivity index is 1.28. The van der Waals surface area contributed by atoms with E-state index >= 15 is 0 Å². The van der Waals surface area contributed by atoms with E-state index in [2.05, 4.69) is 21.3 Å². The number of alkyl carbamates (subject to hydrolysis) is 1. The Hall–Kier alpha value is -4.10. The predicted molar refractivity (Wildman–Crippen MR) is 187 cm³/mol. The van der Waals surface area contributed by atoms with Gasteiger partial charge in [-0.15, -0.1) is 0 Å². The van der Waals surface area contributed by atoms with Crippen molar-refractivity contribution in [3.05, 3.63) is 71.8 Å². The van der Waals surface area contributed by atoms with E-state index in [1.54, 1.807) is 0 Å². The molecule has 4 unspecified atom stereocenters. The van der Waals surface area contributed by atoms with Crippen molar-refractivity contribution in [3.63, 3.8) is 0 Å². The molecule has 51 heavy (non-hydrogen) atoms. The van der Waals surface area contributed by atoms with Crippen molar-refractivity contribution in [2.24, 2.45) is 5.92 Å². The second-order valence-electron chi connectivity index (χ2n) is 12.8. The predicted octanol–water partition coefficient (Wildman–Crippen LogP) is 3.73. The van der Waals surface area contributed by atoms with Crippen molar-refractivity contribution in [1.29, 1.82) is 0 Å². The number of esters is 2. The summed E-state index contributed by atoms with van der Waals surface area (Å²) in [6, 6.07) is 16.6. The Bertz CT molecular complexity index is 1450. The number of carbonyl (C=O) groups excluding carboxylic acids is 5. The molecule has 4 rings (SSSR count). The zero-order valence-corrected chi connectivity index (χ0v) is 29.9. The number of hydrogen-bond acceptors (Lipinski definition) is 11. The summed E-state index contributed by atoms with van der Waals surface area (Å²) >= 11 is 0. The molecule has 3 amide bonds. The van der Waals surface area contributed by atoms with Crippen LogP contribution in [0.4, 0.5) is 4.79 Å². The highest BCUT2D eigenvalue weighted by atomic mass is 31.1. The summed E-state index contributed by atoms with van der Waals surface area (Å²) in [6.45, 7) is 2.23. The van der Waals surface area contributed by atoms with Crippen molar-refractivity contribution < 1.29 is 47.1 Å². The maximum atomic E-state index is 13.7. The second kappa shape index (κ2) is 21.3. The fraction of sp³-hybridized carbons (Fsp3) is 0.528. The monoisotopic (exact) mass is 728 g/mol. The Labute approximate surface area is 299 Å². The maximum Gasteiger partial charge on any atom is 0.407 e. The van der Waals surface area contributed by atoms with E-state index in [1.807, 2.05) is 60.7 Å². The van der Waals surface area contributed by atoms with Gasteiger partial charge in [0.15, 0.2) is 6.10 Å². The Morgan fingerprint density at radius 1 is 0.902 bits per heavy atom. The molecule has 1 aliphatic carbocycles. The Morgan fingerprint density at radius 3 is 2.25 bits per heavy atom. The van der Waals surface area contributed by atoms with Crippen LogP contribution in [0, 0.1) is 5.92 Å². The first kappa shape index (κ1) is 39.7. The van der Waals surface area contributed by atoms with Gasteiger partial charge in [-0.3, -0.25) is 18.7 Å². The van der Waals surface area contributed by atoms with Crippen LogP contribution in [0.25, 0.3) is 0 Å². The third-order valence-corrected chi connectivity index (χ3v) is 9.68. The average Bonchev–Trinajstić information content (AvgIpc) is 3.65. The molecule has 2 aromatic rings. The Morgan fingerprint density at radius 2 is 1.61 bits per heavy atom. The molecule has 5 atom stereocenters. The number of carbonyl (C=O) groups is 5. The number of nitrogens with one attached hydrogen (secondary N) is 4. The fourth-order valence-corrected chi connectivity index (χ4v) is 6.34. The number of ether oxygens (including phenoxy) is 2. The molecule has 0 bridgehead atoms. The van der Waals surface area contributed by atoms with Gasteiger partial charge in [0.05, 0.1) is 12.6 Å². The summed E-state index contributed by atoms with van der Waals surface area (Å²) in [7, 11) is -3.24. The molecule has 278 valence electrons. The molecule has 0 aromatic heterocycles. The van der Waals surface area contributed by atoms with E-state index in [1.165, 1.54) is 6.92 Å². The van der Waals surface area contributed by atoms with Gasteiger partial charge in [-0.2, -0.15) is 0 Å². The lowest BCUT2D eigenvalue weighted by Gasteiger charge is -2.28. The van der Waals surface area contributed by atoms with Gasteiger partial charge in [0.2, 0.25) is 11.8 Å². The van der Waals surface area contributed by atoms with E-state index in [9.17, 15) is 28.5 Å². The maximum absolute atomic E-state index is 13.7. The van der Waals surface area contributed by atoms with Gasteiger partial charge in [-0.25, -0.2) is 14.4 Å². The zero-order chi connectivity index (χ0) is 36.4. The van der Waals surface area contributed by atoms with Gasteiger partial charge in [-0.05, 0) is 76.0 Å². The molecule has 1 saturated heterocycles. The summed E-state index contributed by atoms with van der Waals surface area (Å²) in [4.78, 5) is 63.2. The molecule has 0 radical (unpaired) electrons. The lowest BCUT2D eigenvalue weighted by molar-refractivity contribution is -0.165. The van der Waals surface area contributed by atoms with Crippen LogP contribution in [0.3, 0.4) is 0 Å². The highest BCUT2D eigenvalue weighted by Crippen LogP contribution is 2.28. The van der Waals surface area contributed by atoms with E-state index in [0.717, 1.165) is 36.8 Å². The van der Waals surface area contributed by atoms with Crippen LogP contribution in [0.5, 0.6) is 0 Å². The largest absolute Gasteiger partial charge is 0.445 e. The lowest BCUT2D eigenvalue weighted by Crippen LogP contribution is -2.52. The molecular weight excluding hydrogens is 679 g/mol. The molecular formula is C36H49N4O10P. The standard InChI is InChI=1S/C36H49N4O10P/c1-25(34(43)49-35(44)31-19-11-21-37-31)50-51(46)48-24-29(22-26-12-4-2-5-13-26)39-33(42)30(40-32(41)28-16-10-17-28)18-8-9-20-38-36(45)47-23-27-14-6-3-7-15-27/h2-7,12-15,25,28-31,37,51H,8-11,16-24H2,1H3,(H,38,45)(H,39,42)(H,40,41)/t25?,29?,30?,31-/m0/s1. The summed E-state index contributed by atoms with van der Waals surface area (Å²) in [6.07, 6.45) is 3.69. The minimum Gasteiger partial charge on any atom is -0.445 e. The van der Waals surface area contributed by atoms with E-state index in [4.69, 9.17) is 18.5 Å². The normalized spacial score (nSPS) is 17.9. The van der Waals surface area contributed by atoms with E-state index < -0.39 is 56.4 Å². The van der Waals surface area contributed by atoms with Gasteiger partial charge >= 0.3 is 26.3 Å². The topological polar surface area (TPSA) is 187 Å². The molecule has 15 heteroatoms. The number of unbranched alkanes of at least 4 members (excludes halogenated alkanes) is 1. The number of benzene rings is 2. The molecule has 14 nitrogen and oxygen atoms in total. The van der Waals surface area contributed by atoms with Gasteiger partial charge in [0.1, 0.15) is 18.7 Å². The fourth-order valence-electron chi connectivity index (χ4n) is 5.55. The second-order valence-corrected chi connectivity index (χ2v) is 13.8. The van der Waals surface area contributed by atoms with Crippen LogP contribution in [-0.2, 0) is 55.3 Å². The first-order valence-corrected chi connectivity index (χ1v) is 18.8. The Kier molecular flexibility index (Phi) is 16.6. The van der Waals surface area contributed by atoms with Crippen LogP contribution < -0.4 is 21.3 Å². The van der Waals surface area contributed by atoms with Crippen LogP contribution in [-0.4, -0.2) is 73.8 Å². The lowest BCUT2D eigenvalue weighted by atomic mass is 9.84. The molecule has 1 aliphatic heterocycles. The SMILES string of the molecule is CC(O[PH](=O)OCC(Cc1ccccc1)NC(=O)C(CCCCNC(=O)OCc1ccccc1)NC(=O)C1CCC1)C(=O)OC(=O)[C@@H]1CCCN1. The van der Waals surface area contributed by atoms with E-state index in [0.29, 0.717) is 45.2 Å². The smallest absolute Gasteiger partial charge is 0.407 e. The minimum absolute atomic E-state index is 0.133. The molecule has 0 spiro atoms. The molecule has 2 fully saturated rings. The number of rotatable bonds is 20. The molecule has 1 saturated carbocycles. The van der Waals surface area contributed by atoms with Crippen molar-refractivity contribution in [1.82, 2.24) is 21.3 Å². The first-order valence-electron chi connectivity index (χ1n) is 17.6. The number of amides is 3. The molecule has 2 aromatic carbocycles. The third kappa shape index (κ3) is 14.2. The van der Waals surface area contributed by atoms with Crippen LogP contribution in [0.1, 0.15) is 69.4 Å². The van der Waals surface area contributed by atoms with Crippen molar-refractivity contribution in [3.8, 4) is 0 Å². The summed E-state index contributed by atoms with van der Waals surface area (Å²) in [5.74, 6) is -2.43. The van der Waals surface area contributed by atoms with E-state index in [-0.39, 0.29) is 25.0 Å². The molecule has 1 heterocycles. The van der Waals surface area contributed by atoms with Gasteiger partial charge in [0, 0.05) is 12.5 Å². The van der Waals surface area contributed by atoms with Gasteiger partial charge in [0.25, 0.3) is 0 Å². The van der Waals surface area contributed by atoms with Gasteiger partial charge < -0.3 is 35.3 Å². The third-order valence-electron chi connectivity index (χ3n) is 8.74. The highest BCUT2D eigenvalue weighted by molar-refractivity contribution is 7.33. The van der Waals surface area contributed by atoms with Crippen molar-refractivity contribution in [2.75, 3.05) is 19.7 Å². The zero-order valence-electron chi connectivity index (χ0n) is 28.9. The summed E-state index contributed by atoms with van der Waals surface area (Å²) < 4.78 is 33.5. The van der Waals surface area contributed by atoms with Crippen LogP contribution in [0.15, 0.2) is 60.7 Å². The summed E-state index contributed by atoms with van der Waals surface area (Å²) in [5.41, 5.74) is 1.75. The van der Waals surface area contributed by atoms with Crippen LogP contribution >= 0.6 is 8.25 Å². The van der Waals surface area contributed by atoms with Crippen molar-refractivity contribution in [2.45, 2.75) is 95.5 Å². The summed E-state index contributed by atoms with van der Waals surface area (Å²) in [5, 5.41) is 11.5. The molecule has 2 aliphatic rings. The average molecular weight is 729 g/mol. The quantitative estimate of drug-likeness (QED) is 0.0674. The highest BCUT2D eigenvalue weighted by Gasteiger charge is 2.31. The minimum atomic E-state index is -3.24. The first-order chi connectivity index (χ1) is 24.7. The van der Waals surface area contributed by atoms with Crippen LogP contribution in [0.2, 0.25) is 0 Å². The van der Waals surface area contributed by atoms with Gasteiger partial charge in [-0.1, -0.05) is 67.1 Å². The van der Waals surface area contributed by atoms with Crippen molar-refractivity contribution >= 4 is 38.1 Å².